The molecule has 35 heavy (non-hydrogen) atoms. The van der Waals surface area contributed by atoms with Crippen molar-refractivity contribution in [1.29, 1.82) is 0 Å². The van der Waals surface area contributed by atoms with E-state index in [2.05, 4.69) is 0 Å². The van der Waals surface area contributed by atoms with Crippen LogP contribution in [0.3, 0.4) is 0 Å². The quantitative estimate of drug-likeness (QED) is 0.188. The van der Waals surface area contributed by atoms with E-state index in [1.807, 2.05) is 24.3 Å². The highest BCUT2D eigenvalue weighted by Gasteiger charge is 2.53. The lowest BCUT2D eigenvalue weighted by Gasteiger charge is -2.55. The molecule has 4 saturated carbocycles. The second-order valence-electron chi connectivity index (χ2n) is 10.2. The Hall–Kier alpha value is -1.10. The Labute approximate surface area is 230 Å². The third-order valence-corrected chi connectivity index (χ3v) is 10.1. The van der Waals surface area contributed by atoms with Gasteiger partial charge in [0.1, 0.15) is 22.4 Å². The Morgan fingerprint density at radius 3 is 2.00 bits per heavy atom. The number of methoxy groups -OCH3 is 1. The lowest BCUT2D eigenvalue weighted by Crippen LogP contribution is -2.49. The van der Waals surface area contributed by atoms with E-state index in [-0.39, 0.29) is 48.7 Å². The minimum absolute atomic E-state index is 0.0732. The largest absolute Gasteiger partial charge is 0.496 e. The van der Waals surface area contributed by atoms with Gasteiger partial charge < -0.3 is 9.47 Å². The maximum absolute atomic E-state index is 13.4. The lowest BCUT2D eigenvalue weighted by molar-refractivity contribution is -0.138. The van der Waals surface area contributed by atoms with Crippen molar-refractivity contribution in [2.75, 3.05) is 7.11 Å². The average molecular weight is 575 g/mol. The van der Waals surface area contributed by atoms with Crippen LogP contribution in [-0.4, -0.2) is 12.9 Å². The Balaban J connectivity index is 1.34. The van der Waals surface area contributed by atoms with E-state index in [4.69, 9.17) is 67.5 Å². The number of halogens is 5. The molecule has 0 amide bonds. The number of hydrogen-bond acceptors (Lipinski definition) is 3. The van der Waals surface area contributed by atoms with Crippen LogP contribution in [0.4, 0.5) is 0 Å². The molecule has 0 aliphatic heterocycles. The summed E-state index contributed by atoms with van der Waals surface area (Å²) in [5, 5.41) is 0.391. The molecule has 0 heterocycles. The van der Waals surface area contributed by atoms with Gasteiger partial charge in [-0.1, -0.05) is 70.1 Å². The van der Waals surface area contributed by atoms with E-state index in [0.29, 0.717) is 5.75 Å². The van der Waals surface area contributed by atoms with E-state index in [1.54, 1.807) is 13.2 Å². The van der Waals surface area contributed by atoms with Crippen molar-refractivity contribution in [3.63, 3.8) is 0 Å². The van der Waals surface area contributed by atoms with Gasteiger partial charge in [-0.05, 0) is 80.1 Å². The molecule has 6 rings (SSSR count). The fourth-order valence-electron chi connectivity index (χ4n) is 6.64. The zero-order valence-corrected chi connectivity index (χ0v) is 23.0. The van der Waals surface area contributed by atoms with Crippen LogP contribution in [0.25, 0.3) is 6.08 Å². The van der Waals surface area contributed by atoms with Crippen LogP contribution in [0, 0.1) is 23.2 Å². The summed E-state index contributed by atoms with van der Waals surface area (Å²) in [4.78, 5) is 13.4. The van der Waals surface area contributed by atoms with Crippen molar-refractivity contribution in [1.82, 2.24) is 0 Å². The zero-order chi connectivity index (χ0) is 24.9. The molecular weight excluding hydrogens is 550 g/mol. The SMILES string of the molecule is COc1ccc(/C=C/C(=O)C23CC4CC(CC(C4)C2)C3)cc1COc1c(Cl)c(Cl)c(Cl)c(Cl)c1Cl. The van der Waals surface area contributed by atoms with E-state index in [1.165, 1.54) is 19.3 Å². The Morgan fingerprint density at radius 1 is 0.914 bits per heavy atom. The molecule has 186 valence electrons. The second kappa shape index (κ2) is 9.99. The van der Waals surface area contributed by atoms with E-state index in [0.717, 1.165) is 48.1 Å². The number of rotatable bonds is 7. The first kappa shape index (κ1) is 25.5. The fraction of sp³-hybridized carbons (Fsp3) is 0.444. The van der Waals surface area contributed by atoms with Gasteiger partial charge >= 0.3 is 0 Å². The summed E-state index contributed by atoms with van der Waals surface area (Å²) < 4.78 is 11.4. The normalized spacial score (nSPS) is 27.0. The minimum atomic E-state index is -0.149. The van der Waals surface area contributed by atoms with Crippen LogP contribution in [0.5, 0.6) is 11.5 Å². The first-order valence-corrected chi connectivity index (χ1v) is 13.6. The lowest BCUT2D eigenvalue weighted by atomic mass is 9.48. The van der Waals surface area contributed by atoms with Crippen molar-refractivity contribution in [3.8, 4) is 11.5 Å². The van der Waals surface area contributed by atoms with Crippen LogP contribution in [0.15, 0.2) is 24.3 Å². The van der Waals surface area contributed by atoms with Gasteiger partial charge in [-0.2, -0.15) is 0 Å². The third-order valence-electron chi connectivity index (χ3n) is 7.83. The van der Waals surface area contributed by atoms with Crippen LogP contribution < -0.4 is 9.47 Å². The topological polar surface area (TPSA) is 35.5 Å². The summed E-state index contributed by atoms with van der Waals surface area (Å²) in [6.45, 7) is 0.0987. The van der Waals surface area contributed by atoms with Crippen molar-refractivity contribution < 1.29 is 14.3 Å². The van der Waals surface area contributed by atoms with E-state index >= 15 is 0 Å². The molecule has 0 radical (unpaired) electrons. The molecule has 4 aliphatic carbocycles. The maximum atomic E-state index is 13.4. The van der Waals surface area contributed by atoms with Crippen molar-refractivity contribution in [2.24, 2.45) is 23.2 Å². The average Bonchev–Trinajstić information content (AvgIpc) is 2.84. The number of benzene rings is 2. The van der Waals surface area contributed by atoms with Gasteiger partial charge in [-0.3, -0.25) is 4.79 Å². The van der Waals surface area contributed by atoms with Gasteiger partial charge in [0, 0.05) is 11.0 Å². The van der Waals surface area contributed by atoms with Crippen LogP contribution in [0.2, 0.25) is 25.1 Å². The summed E-state index contributed by atoms with van der Waals surface area (Å²) in [5.41, 5.74) is 1.49. The van der Waals surface area contributed by atoms with Gasteiger partial charge in [-0.15, -0.1) is 0 Å². The Kier molecular flexibility index (Phi) is 7.29. The first-order valence-electron chi connectivity index (χ1n) is 11.7. The zero-order valence-electron chi connectivity index (χ0n) is 19.2. The maximum Gasteiger partial charge on any atom is 0.161 e. The highest BCUT2D eigenvalue weighted by Crippen LogP contribution is 2.60. The van der Waals surface area contributed by atoms with E-state index < -0.39 is 0 Å². The molecule has 8 heteroatoms. The Morgan fingerprint density at radius 2 is 1.46 bits per heavy atom. The van der Waals surface area contributed by atoms with Crippen molar-refractivity contribution >= 4 is 69.9 Å². The molecule has 3 nitrogen and oxygen atoms in total. The van der Waals surface area contributed by atoms with Crippen LogP contribution >= 0.6 is 58.0 Å². The molecule has 4 fully saturated rings. The first-order chi connectivity index (χ1) is 16.7. The number of ketones is 1. The fourth-order valence-corrected chi connectivity index (χ4v) is 7.87. The monoisotopic (exact) mass is 572 g/mol. The molecule has 0 N–H and O–H groups in total. The van der Waals surface area contributed by atoms with Gasteiger partial charge in [0.25, 0.3) is 0 Å². The predicted molar refractivity (Wildman–Crippen MR) is 143 cm³/mol. The van der Waals surface area contributed by atoms with Crippen LogP contribution in [-0.2, 0) is 11.4 Å². The summed E-state index contributed by atoms with van der Waals surface area (Å²) in [5.74, 6) is 3.25. The van der Waals surface area contributed by atoms with Gasteiger partial charge in [-0.25, -0.2) is 0 Å². The van der Waals surface area contributed by atoms with Crippen molar-refractivity contribution in [2.45, 2.75) is 45.1 Å². The van der Waals surface area contributed by atoms with Crippen LogP contribution in [0.1, 0.15) is 49.7 Å². The molecule has 0 spiro atoms. The molecule has 0 atom stereocenters. The summed E-state index contributed by atoms with van der Waals surface area (Å²) in [6.07, 6.45) is 10.8. The number of allylic oxidation sites excluding steroid dienone is 1. The van der Waals surface area contributed by atoms with E-state index in [9.17, 15) is 4.79 Å². The molecule has 2 aromatic carbocycles. The second-order valence-corrected chi connectivity index (χ2v) is 12.0. The summed E-state index contributed by atoms with van der Waals surface area (Å²) >= 11 is 31.0. The number of carbonyl (C=O) groups excluding carboxylic acids is 1. The molecule has 4 bridgehead atoms. The number of carbonyl (C=O) groups is 1. The highest BCUT2D eigenvalue weighted by atomic mass is 35.5. The number of hydrogen-bond donors (Lipinski definition) is 0. The summed E-state index contributed by atoms with van der Waals surface area (Å²) in [6, 6.07) is 5.68. The minimum Gasteiger partial charge on any atom is -0.496 e. The van der Waals surface area contributed by atoms with Gasteiger partial charge in [0.05, 0.1) is 22.2 Å². The standard InChI is InChI=1S/C27H25Cl5O3/c1-34-19-4-2-14(3-5-20(33)27-10-15-6-16(11-27)8-17(7-15)12-27)9-18(19)13-35-26-24(31)22(29)21(28)23(30)25(26)32/h2-5,9,15-17H,6-8,10-13H2,1H3/b5-3+. The smallest absolute Gasteiger partial charge is 0.161 e. The highest BCUT2D eigenvalue weighted by molar-refractivity contribution is 6.55. The van der Waals surface area contributed by atoms with Crippen molar-refractivity contribution in [3.05, 3.63) is 60.5 Å². The molecule has 0 unspecified atom stereocenters. The predicted octanol–water partition coefficient (Wildman–Crippen LogP) is 9.34. The van der Waals surface area contributed by atoms with Gasteiger partial charge in [0.15, 0.2) is 11.5 Å². The van der Waals surface area contributed by atoms with Gasteiger partial charge in [0.2, 0.25) is 0 Å². The number of ether oxygens (including phenoxy) is 2. The summed E-state index contributed by atoms with van der Waals surface area (Å²) in [7, 11) is 1.58. The molecule has 4 aliphatic rings. The Bertz CT molecular complexity index is 1140. The third kappa shape index (κ3) is 4.80. The molecule has 0 aromatic heterocycles. The molecule has 2 aromatic rings. The molecule has 0 saturated heterocycles. The molecular formula is C27H25Cl5O3.